The third-order valence-electron chi connectivity index (χ3n) is 1.98. The van der Waals surface area contributed by atoms with E-state index in [1.165, 1.54) is 19.3 Å². The van der Waals surface area contributed by atoms with E-state index in [9.17, 15) is 4.79 Å². The van der Waals surface area contributed by atoms with Crippen molar-refractivity contribution in [1.82, 2.24) is 0 Å². The number of carbonyl (C=O) groups excluding carboxylic acids is 1. The summed E-state index contributed by atoms with van der Waals surface area (Å²) in [5.74, 6) is 1.26. The van der Waals surface area contributed by atoms with Crippen LogP contribution in [0.4, 0.5) is 0 Å². The molecular weight excluding hydrogens is 126 g/mol. The summed E-state index contributed by atoms with van der Waals surface area (Å²) in [7, 11) is 0. The third kappa shape index (κ3) is 2.85. The van der Waals surface area contributed by atoms with Crippen molar-refractivity contribution in [2.45, 2.75) is 32.6 Å². The average Bonchev–Trinajstić information content (AvgIpc) is 2.46. The molecule has 1 amide bonds. The lowest BCUT2D eigenvalue weighted by molar-refractivity contribution is -0.118. The Bertz CT molecular complexity index is 129. The summed E-state index contributed by atoms with van der Waals surface area (Å²) in [5, 5.41) is 0. The summed E-state index contributed by atoms with van der Waals surface area (Å²) in [4.78, 5) is 10.4. The molecular formula is C8H15NO. The predicted octanol–water partition coefficient (Wildman–Crippen LogP) is 1.30. The van der Waals surface area contributed by atoms with E-state index < -0.39 is 0 Å². The van der Waals surface area contributed by atoms with Crippen molar-refractivity contribution in [3.8, 4) is 0 Å². The van der Waals surface area contributed by atoms with E-state index in [0.717, 1.165) is 5.92 Å². The number of rotatable bonds is 4. The molecule has 0 aliphatic heterocycles. The molecule has 0 radical (unpaired) electrons. The minimum Gasteiger partial charge on any atom is -0.370 e. The lowest BCUT2D eigenvalue weighted by Gasteiger charge is -2.05. The van der Waals surface area contributed by atoms with E-state index in [1.807, 2.05) is 0 Å². The van der Waals surface area contributed by atoms with E-state index >= 15 is 0 Å². The second kappa shape index (κ2) is 3.04. The van der Waals surface area contributed by atoms with Crippen LogP contribution in [0, 0.1) is 11.8 Å². The summed E-state index contributed by atoms with van der Waals surface area (Å²) in [6, 6.07) is 0. The molecule has 2 N–H and O–H groups in total. The van der Waals surface area contributed by atoms with Gasteiger partial charge < -0.3 is 5.73 Å². The van der Waals surface area contributed by atoms with E-state index in [-0.39, 0.29) is 5.91 Å². The van der Waals surface area contributed by atoms with Gasteiger partial charge in [-0.05, 0) is 18.3 Å². The summed E-state index contributed by atoms with van der Waals surface area (Å²) in [6.07, 6.45) is 4.49. The number of nitrogens with two attached hydrogens (primary N) is 1. The predicted molar refractivity (Wildman–Crippen MR) is 40.3 cm³/mol. The Morgan fingerprint density at radius 1 is 1.70 bits per heavy atom. The molecule has 0 saturated heterocycles. The molecule has 1 aliphatic carbocycles. The van der Waals surface area contributed by atoms with Gasteiger partial charge in [-0.15, -0.1) is 0 Å². The van der Waals surface area contributed by atoms with Crippen LogP contribution in [0.15, 0.2) is 0 Å². The van der Waals surface area contributed by atoms with Gasteiger partial charge in [0.25, 0.3) is 0 Å². The van der Waals surface area contributed by atoms with Crippen LogP contribution in [0.1, 0.15) is 32.6 Å². The quantitative estimate of drug-likeness (QED) is 0.630. The summed E-state index contributed by atoms with van der Waals surface area (Å²) in [6.45, 7) is 2.10. The first-order chi connectivity index (χ1) is 4.68. The second-order valence-corrected chi connectivity index (χ2v) is 3.45. The number of carbonyl (C=O) groups is 1. The summed E-state index contributed by atoms with van der Waals surface area (Å²) >= 11 is 0. The van der Waals surface area contributed by atoms with Crippen LogP contribution >= 0.6 is 0 Å². The minimum absolute atomic E-state index is 0.159. The van der Waals surface area contributed by atoms with Gasteiger partial charge >= 0.3 is 0 Å². The molecule has 2 nitrogen and oxygen atoms in total. The molecule has 1 fully saturated rings. The molecule has 1 unspecified atom stereocenters. The first-order valence-corrected chi connectivity index (χ1v) is 3.96. The van der Waals surface area contributed by atoms with Crippen LogP contribution in [0.5, 0.6) is 0 Å². The van der Waals surface area contributed by atoms with E-state index in [0.29, 0.717) is 12.3 Å². The molecule has 0 aromatic heterocycles. The Balaban J connectivity index is 2.07. The van der Waals surface area contributed by atoms with Gasteiger partial charge in [0.05, 0.1) is 0 Å². The molecule has 0 aromatic rings. The lowest BCUT2D eigenvalue weighted by Crippen LogP contribution is -2.14. The van der Waals surface area contributed by atoms with E-state index in [1.54, 1.807) is 0 Å². The first-order valence-electron chi connectivity index (χ1n) is 3.96. The van der Waals surface area contributed by atoms with Gasteiger partial charge in [0, 0.05) is 6.42 Å². The second-order valence-electron chi connectivity index (χ2n) is 3.45. The minimum atomic E-state index is -0.159. The molecule has 1 saturated carbocycles. The van der Waals surface area contributed by atoms with Gasteiger partial charge in [0.2, 0.25) is 5.91 Å². The average molecular weight is 141 g/mol. The van der Waals surface area contributed by atoms with Crippen LogP contribution in [-0.2, 0) is 4.79 Å². The Morgan fingerprint density at radius 2 is 2.30 bits per heavy atom. The maximum atomic E-state index is 10.4. The highest BCUT2D eigenvalue weighted by atomic mass is 16.1. The van der Waals surface area contributed by atoms with Crippen molar-refractivity contribution in [1.29, 1.82) is 0 Å². The summed E-state index contributed by atoms with van der Waals surface area (Å²) < 4.78 is 0. The van der Waals surface area contributed by atoms with Gasteiger partial charge in [-0.25, -0.2) is 0 Å². The van der Waals surface area contributed by atoms with Crippen molar-refractivity contribution >= 4 is 5.91 Å². The fourth-order valence-electron chi connectivity index (χ4n) is 1.35. The van der Waals surface area contributed by atoms with Gasteiger partial charge in [0.15, 0.2) is 0 Å². The van der Waals surface area contributed by atoms with Crippen molar-refractivity contribution in [2.75, 3.05) is 0 Å². The van der Waals surface area contributed by atoms with E-state index in [2.05, 4.69) is 6.92 Å². The lowest BCUT2D eigenvalue weighted by atomic mass is 10.0. The largest absolute Gasteiger partial charge is 0.370 e. The number of amides is 1. The summed E-state index contributed by atoms with van der Waals surface area (Å²) in [5.41, 5.74) is 5.05. The Labute approximate surface area is 61.8 Å². The SMILES string of the molecule is CC(CC(N)=O)CC1CC1. The highest BCUT2D eigenvalue weighted by Gasteiger charge is 2.23. The molecule has 0 spiro atoms. The Morgan fingerprint density at radius 3 is 2.70 bits per heavy atom. The van der Waals surface area contributed by atoms with E-state index in [4.69, 9.17) is 5.73 Å². The Kier molecular flexibility index (Phi) is 2.30. The topological polar surface area (TPSA) is 43.1 Å². The van der Waals surface area contributed by atoms with Crippen molar-refractivity contribution in [3.63, 3.8) is 0 Å². The van der Waals surface area contributed by atoms with Gasteiger partial charge in [0.1, 0.15) is 0 Å². The van der Waals surface area contributed by atoms with Crippen LogP contribution < -0.4 is 5.73 Å². The molecule has 0 aromatic carbocycles. The number of primary amides is 1. The van der Waals surface area contributed by atoms with Crippen molar-refractivity contribution in [2.24, 2.45) is 17.6 Å². The molecule has 1 aliphatic rings. The monoisotopic (exact) mass is 141 g/mol. The first kappa shape index (κ1) is 7.58. The van der Waals surface area contributed by atoms with Crippen LogP contribution in [0.25, 0.3) is 0 Å². The molecule has 1 atom stereocenters. The fourth-order valence-corrected chi connectivity index (χ4v) is 1.35. The number of hydrogen-bond acceptors (Lipinski definition) is 1. The van der Waals surface area contributed by atoms with Crippen LogP contribution in [0.2, 0.25) is 0 Å². The zero-order chi connectivity index (χ0) is 7.56. The third-order valence-corrected chi connectivity index (χ3v) is 1.98. The molecule has 0 bridgehead atoms. The molecule has 2 heteroatoms. The highest BCUT2D eigenvalue weighted by Crippen LogP contribution is 2.35. The normalized spacial score (nSPS) is 20.5. The van der Waals surface area contributed by atoms with Gasteiger partial charge in [-0.3, -0.25) is 4.79 Å². The zero-order valence-electron chi connectivity index (χ0n) is 6.47. The molecule has 0 heterocycles. The van der Waals surface area contributed by atoms with Crippen LogP contribution in [-0.4, -0.2) is 5.91 Å². The molecule has 58 valence electrons. The highest BCUT2D eigenvalue weighted by molar-refractivity contribution is 5.73. The fraction of sp³-hybridized carbons (Fsp3) is 0.875. The maximum Gasteiger partial charge on any atom is 0.217 e. The molecule has 1 rings (SSSR count). The van der Waals surface area contributed by atoms with Gasteiger partial charge in [-0.2, -0.15) is 0 Å². The zero-order valence-corrected chi connectivity index (χ0v) is 6.47. The molecule has 10 heavy (non-hydrogen) atoms. The maximum absolute atomic E-state index is 10.4. The standard InChI is InChI=1S/C8H15NO/c1-6(5-8(9)10)4-7-2-3-7/h6-7H,2-5H2,1H3,(H2,9,10). The van der Waals surface area contributed by atoms with Crippen LogP contribution in [0.3, 0.4) is 0 Å². The van der Waals surface area contributed by atoms with Crippen molar-refractivity contribution in [3.05, 3.63) is 0 Å². The Hall–Kier alpha value is -0.530. The van der Waals surface area contributed by atoms with Crippen molar-refractivity contribution < 1.29 is 4.79 Å². The van der Waals surface area contributed by atoms with Gasteiger partial charge in [-0.1, -0.05) is 19.8 Å². The smallest absolute Gasteiger partial charge is 0.217 e. The number of hydrogen-bond donors (Lipinski definition) is 1.